The lowest BCUT2D eigenvalue weighted by Crippen LogP contribution is -2.25. The van der Waals surface area contributed by atoms with E-state index in [2.05, 4.69) is 39.6 Å². The molecule has 0 spiro atoms. The Morgan fingerprint density at radius 3 is 3.00 bits per heavy atom. The number of aromatic nitrogens is 3. The molecule has 0 radical (unpaired) electrons. The Kier molecular flexibility index (Phi) is 4.29. The fourth-order valence-corrected chi connectivity index (χ4v) is 3.53. The third-order valence-electron chi connectivity index (χ3n) is 4.78. The third kappa shape index (κ3) is 3.31. The molecule has 1 aliphatic rings. The Bertz CT molecular complexity index is 873. The molecule has 0 aliphatic heterocycles. The lowest BCUT2D eigenvalue weighted by atomic mass is 9.97. The predicted octanol–water partition coefficient (Wildman–Crippen LogP) is 3.00. The summed E-state index contributed by atoms with van der Waals surface area (Å²) in [4.78, 5) is 20.9. The second kappa shape index (κ2) is 6.89. The van der Waals surface area contributed by atoms with Gasteiger partial charge in [-0.1, -0.05) is 30.3 Å². The highest BCUT2D eigenvalue weighted by atomic mass is 16.1. The summed E-state index contributed by atoms with van der Waals surface area (Å²) >= 11 is 0. The monoisotopic (exact) mass is 332 g/mol. The topological polar surface area (TPSA) is 59.8 Å². The number of nitrogens with one attached hydrogen (secondary N) is 1. The first-order valence-electron chi connectivity index (χ1n) is 8.58. The van der Waals surface area contributed by atoms with Crippen LogP contribution in [0.15, 0.2) is 61.3 Å². The van der Waals surface area contributed by atoms with Crippen LogP contribution in [0.1, 0.15) is 35.4 Å². The van der Waals surface area contributed by atoms with Crippen LogP contribution < -0.4 is 5.32 Å². The number of aryl methyl sites for hydroxylation is 1. The number of imidazole rings is 1. The van der Waals surface area contributed by atoms with Crippen LogP contribution >= 0.6 is 0 Å². The molecule has 1 amide bonds. The molecule has 4 rings (SSSR count). The molecular weight excluding hydrogens is 312 g/mol. The third-order valence-corrected chi connectivity index (χ3v) is 4.78. The van der Waals surface area contributed by atoms with E-state index in [-0.39, 0.29) is 5.91 Å². The van der Waals surface area contributed by atoms with Crippen LogP contribution in [0, 0.1) is 0 Å². The van der Waals surface area contributed by atoms with E-state index in [4.69, 9.17) is 0 Å². The molecule has 1 N–H and O–H groups in total. The number of hydrogen-bond acceptors (Lipinski definition) is 3. The van der Waals surface area contributed by atoms with E-state index in [0.717, 1.165) is 24.2 Å². The summed E-state index contributed by atoms with van der Waals surface area (Å²) in [5.41, 5.74) is 3.69. The summed E-state index contributed by atoms with van der Waals surface area (Å²) in [5, 5.41) is 3.05. The Hall–Kier alpha value is -2.95. The van der Waals surface area contributed by atoms with Gasteiger partial charge in [0.05, 0.1) is 0 Å². The lowest BCUT2D eigenvalue weighted by molar-refractivity contribution is -0.121. The fourth-order valence-electron chi connectivity index (χ4n) is 3.53. The van der Waals surface area contributed by atoms with Gasteiger partial charge in [-0.05, 0) is 36.0 Å². The molecular formula is C20H20N4O. The largest absolute Gasteiger partial charge is 0.352 e. The molecule has 126 valence electrons. The van der Waals surface area contributed by atoms with Crippen molar-refractivity contribution in [3.8, 4) is 5.82 Å². The van der Waals surface area contributed by atoms with Crippen LogP contribution in [-0.2, 0) is 17.8 Å². The van der Waals surface area contributed by atoms with E-state index < -0.39 is 0 Å². The molecule has 1 aliphatic carbocycles. The van der Waals surface area contributed by atoms with Gasteiger partial charge >= 0.3 is 0 Å². The molecule has 0 saturated carbocycles. The maximum absolute atomic E-state index is 12.4. The highest BCUT2D eigenvalue weighted by Crippen LogP contribution is 2.35. The first kappa shape index (κ1) is 15.6. The van der Waals surface area contributed by atoms with Gasteiger partial charge in [-0.3, -0.25) is 9.36 Å². The molecule has 2 aromatic heterocycles. The minimum Gasteiger partial charge on any atom is -0.352 e. The van der Waals surface area contributed by atoms with Crippen molar-refractivity contribution < 1.29 is 4.79 Å². The average Bonchev–Trinajstić information content (AvgIpc) is 3.31. The molecule has 1 aromatic carbocycles. The van der Waals surface area contributed by atoms with Crippen LogP contribution in [-0.4, -0.2) is 20.4 Å². The van der Waals surface area contributed by atoms with E-state index in [1.54, 1.807) is 18.7 Å². The molecule has 0 saturated heterocycles. The molecule has 0 bridgehead atoms. The zero-order chi connectivity index (χ0) is 17.1. The first-order chi connectivity index (χ1) is 12.3. The van der Waals surface area contributed by atoms with Crippen molar-refractivity contribution in [3.63, 3.8) is 0 Å². The van der Waals surface area contributed by atoms with E-state index in [1.807, 2.05) is 22.9 Å². The SMILES string of the molecule is O=C(C[C@H]1CCc2ccccc21)NCc1cccnc1-n1ccnc1. The van der Waals surface area contributed by atoms with Crippen LogP contribution in [0.25, 0.3) is 5.82 Å². The Balaban J connectivity index is 1.41. The highest BCUT2D eigenvalue weighted by molar-refractivity contribution is 5.77. The minimum absolute atomic E-state index is 0.0853. The van der Waals surface area contributed by atoms with Gasteiger partial charge in [0.1, 0.15) is 12.1 Å². The second-order valence-corrected chi connectivity index (χ2v) is 6.37. The summed E-state index contributed by atoms with van der Waals surface area (Å²) in [7, 11) is 0. The number of nitrogens with zero attached hydrogens (tertiary/aromatic N) is 3. The number of amides is 1. The van der Waals surface area contributed by atoms with Crippen LogP contribution in [0.3, 0.4) is 0 Å². The normalized spacial score (nSPS) is 15.8. The van der Waals surface area contributed by atoms with E-state index >= 15 is 0 Å². The second-order valence-electron chi connectivity index (χ2n) is 6.37. The summed E-state index contributed by atoms with van der Waals surface area (Å²) in [6, 6.07) is 12.3. The van der Waals surface area contributed by atoms with Crippen molar-refractivity contribution in [2.24, 2.45) is 0 Å². The van der Waals surface area contributed by atoms with Crippen LogP contribution in [0.2, 0.25) is 0 Å². The van der Waals surface area contributed by atoms with Crippen molar-refractivity contribution in [2.45, 2.75) is 31.7 Å². The molecule has 0 fully saturated rings. The molecule has 25 heavy (non-hydrogen) atoms. The van der Waals surface area contributed by atoms with Crippen molar-refractivity contribution in [1.29, 1.82) is 0 Å². The molecule has 3 aromatic rings. The van der Waals surface area contributed by atoms with Gasteiger partial charge in [0.2, 0.25) is 5.91 Å². The van der Waals surface area contributed by atoms with Crippen molar-refractivity contribution in [3.05, 3.63) is 78.0 Å². The number of rotatable bonds is 5. The molecule has 0 unspecified atom stereocenters. The smallest absolute Gasteiger partial charge is 0.220 e. The van der Waals surface area contributed by atoms with E-state index in [1.165, 1.54) is 11.1 Å². The van der Waals surface area contributed by atoms with Gasteiger partial charge in [-0.25, -0.2) is 9.97 Å². The number of fused-ring (bicyclic) bond motifs is 1. The number of pyridine rings is 1. The number of benzene rings is 1. The van der Waals surface area contributed by atoms with Crippen molar-refractivity contribution >= 4 is 5.91 Å². The quantitative estimate of drug-likeness (QED) is 0.781. The lowest BCUT2D eigenvalue weighted by Gasteiger charge is -2.13. The van der Waals surface area contributed by atoms with E-state index in [0.29, 0.717) is 18.9 Å². The van der Waals surface area contributed by atoms with Gasteiger partial charge in [0, 0.05) is 37.1 Å². The fraction of sp³-hybridized carbons (Fsp3) is 0.250. The minimum atomic E-state index is 0.0853. The molecule has 1 atom stereocenters. The highest BCUT2D eigenvalue weighted by Gasteiger charge is 2.24. The standard InChI is InChI=1S/C20H20N4O/c25-19(12-16-8-7-15-4-1-2-6-18(15)16)23-13-17-5-3-9-22-20(17)24-11-10-21-14-24/h1-6,9-11,14,16H,7-8,12-13H2,(H,23,25)/t16-/m1/s1. The predicted molar refractivity (Wildman–Crippen MR) is 95.3 cm³/mol. The Morgan fingerprint density at radius 1 is 1.20 bits per heavy atom. The maximum atomic E-state index is 12.4. The zero-order valence-electron chi connectivity index (χ0n) is 13.9. The summed E-state index contributed by atoms with van der Waals surface area (Å²) in [6.45, 7) is 0.467. The first-order valence-corrected chi connectivity index (χ1v) is 8.58. The van der Waals surface area contributed by atoms with Crippen LogP contribution in [0.5, 0.6) is 0 Å². The van der Waals surface area contributed by atoms with Crippen molar-refractivity contribution in [2.75, 3.05) is 0 Å². The van der Waals surface area contributed by atoms with Gasteiger partial charge in [0.25, 0.3) is 0 Å². The van der Waals surface area contributed by atoms with Crippen molar-refractivity contribution in [1.82, 2.24) is 19.9 Å². The summed E-state index contributed by atoms with van der Waals surface area (Å²) in [5.74, 6) is 1.21. The van der Waals surface area contributed by atoms with Crippen LogP contribution in [0.4, 0.5) is 0 Å². The Morgan fingerprint density at radius 2 is 2.12 bits per heavy atom. The summed E-state index contributed by atoms with van der Waals surface area (Å²) < 4.78 is 1.86. The zero-order valence-corrected chi connectivity index (χ0v) is 13.9. The van der Waals surface area contributed by atoms with Gasteiger partial charge < -0.3 is 5.32 Å². The maximum Gasteiger partial charge on any atom is 0.220 e. The number of carbonyl (C=O) groups excluding carboxylic acids is 1. The van der Waals surface area contributed by atoms with Gasteiger partial charge in [-0.2, -0.15) is 0 Å². The number of hydrogen-bond donors (Lipinski definition) is 1. The molecule has 5 heteroatoms. The summed E-state index contributed by atoms with van der Waals surface area (Å²) in [6.07, 6.45) is 9.69. The van der Waals surface area contributed by atoms with E-state index in [9.17, 15) is 4.79 Å². The Labute approximate surface area is 146 Å². The molecule has 5 nitrogen and oxygen atoms in total. The van der Waals surface area contributed by atoms with Gasteiger partial charge in [0.15, 0.2) is 0 Å². The molecule has 2 heterocycles. The van der Waals surface area contributed by atoms with Gasteiger partial charge in [-0.15, -0.1) is 0 Å². The number of carbonyl (C=O) groups is 1. The average molecular weight is 332 g/mol.